The van der Waals surface area contributed by atoms with E-state index in [0.717, 1.165) is 23.2 Å². The second-order valence-corrected chi connectivity index (χ2v) is 9.98. The van der Waals surface area contributed by atoms with Gasteiger partial charge in [0.05, 0.1) is 26.6 Å². The number of non-ortho nitro benzene ring substituents is 1. The van der Waals surface area contributed by atoms with Crippen molar-refractivity contribution < 1.29 is 18.1 Å². The fourth-order valence-corrected chi connectivity index (χ4v) is 4.77. The summed E-state index contributed by atoms with van der Waals surface area (Å²) in [6.45, 7) is 0.133. The molecular weight excluding hydrogens is 452 g/mol. The Hall–Kier alpha value is -3.70. The Labute approximate surface area is 187 Å². The first kappa shape index (κ1) is 21.5. The predicted octanol–water partition coefficient (Wildman–Crippen LogP) is 3.85. The molecule has 1 amide bonds. The second kappa shape index (κ2) is 8.44. The summed E-state index contributed by atoms with van der Waals surface area (Å²) in [6.07, 6.45) is 4.35. The smallest absolute Gasteiger partial charge is 0.270 e. The van der Waals surface area contributed by atoms with Crippen LogP contribution < -0.4 is 4.90 Å². The quantitative estimate of drug-likeness (QED) is 0.311. The number of thiazole rings is 1. The van der Waals surface area contributed by atoms with E-state index in [1.165, 1.54) is 41.3 Å². The number of benzene rings is 2. The summed E-state index contributed by atoms with van der Waals surface area (Å²) >= 11 is 1.16. The molecule has 0 saturated carbocycles. The van der Waals surface area contributed by atoms with E-state index in [0.29, 0.717) is 15.3 Å². The molecule has 0 radical (unpaired) electrons. The number of sulfone groups is 1. The lowest BCUT2D eigenvalue weighted by atomic mass is 10.1. The van der Waals surface area contributed by atoms with Crippen molar-refractivity contribution in [2.75, 3.05) is 11.2 Å². The molecule has 0 aliphatic heterocycles. The van der Waals surface area contributed by atoms with Crippen LogP contribution in [-0.4, -0.2) is 35.5 Å². The summed E-state index contributed by atoms with van der Waals surface area (Å²) in [7, 11) is -3.40. The second-order valence-electron chi connectivity index (χ2n) is 6.96. The Bertz CT molecular complexity index is 1440. The highest BCUT2D eigenvalue weighted by Crippen LogP contribution is 2.32. The Morgan fingerprint density at radius 3 is 2.66 bits per heavy atom. The van der Waals surface area contributed by atoms with E-state index < -0.39 is 20.7 Å². The number of anilines is 1. The van der Waals surface area contributed by atoms with Gasteiger partial charge in [-0.25, -0.2) is 13.4 Å². The molecule has 0 unspecified atom stereocenters. The van der Waals surface area contributed by atoms with Gasteiger partial charge in [-0.2, -0.15) is 0 Å². The van der Waals surface area contributed by atoms with Crippen molar-refractivity contribution in [1.29, 1.82) is 0 Å². The number of aromatic nitrogens is 2. The molecule has 2 aromatic heterocycles. The zero-order valence-electron chi connectivity index (χ0n) is 16.7. The normalized spacial score (nSPS) is 11.4. The number of nitro groups is 1. The number of nitrogens with zero attached hydrogens (tertiary/aromatic N) is 4. The zero-order valence-corrected chi connectivity index (χ0v) is 18.3. The molecule has 0 atom stereocenters. The Balaban J connectivity index is 1.80. The highest BCUT2D eigenvalue weighted by molar-refractivity contribution is 7.90. The molecular formula is C21H16N4O5S2. The topological polar surface area (TPSA) is 123 Å². The van der Waals surface area contributed by atoms with Crippen LogP contribution in [-0.2, 0) is 16.4 Å². The first-order valence-electron chi connectivity index (χ1n) is 9.28. The van der Waals surface area contributed by atoms with Crippen molar-refractivity contribution in [3.8, 4) is 0 Å². The van der Waals surface area contributed by atoms with Crippen LogP contribution in [0.2, 0.25) is 0 Å². The zero-order chi connectivity index (χ0) is 22.9. The minimum atomic E-state index is -3.40. The van der Waals surface area contributed by atoms with Crippen LogP contribution in [0.1, 0.15) is 15.9 Å². The number of pyridine rings is 1. The van der Waals surface area contributed by atoms with Crippen molar-refractivity contribution in [3.05, 3.63) is 88.2 Å². The molecule has 32 heavy (non-hydrogen) atoms. The molecule has 4 rings (SSSR count). The molecule has 0 saturated heterocycles. The van der Waals surface area contributed by atoms with Gasteiger partial charge in [-0.15, -0.1) is 0 Å². The van der Waals surface area contributed by atoms with E-state index in [-0.39, 0.29) is 22.7 Å². The lowest BCUT2D eigenvalue weighted by Gasteiger charge is -2.20. The maximum Gasteiger partial charge on any atom is 0.270 e. The predicted molar refractivity (Wildman–Crippen MR) is 121 cm³/mol. The van der Waals surface area contributed by atoms with Gasteiger partial charge in [-0.05, 0) is 35.9 Å². The van der Waals surface area contributed by atoms with Crippen molar-refractivity contribution in [3.63, 3.8) is 0 Å². The largest absolute Gasteiger partial charge is 0.279 e. The fraction of sp³-hybridized carbons (Fsp3) is 0.0952. The third kappa shape index (κ3) is 4.48. The standard InChI is InChI=1S/C21H16N4O5S2/c1-32(29,30)17-7-8-18-19(11-17)31-21(23-18)24(13-14-4-3-9-22-12-14)20(26)15-5-2-6-16(10-15)25(27)28/h2-12H,13H2,1H3. The van der Waals surface area contributed by atoms with Crippen molar-refractivity contribution in [1.82, 2.24) is 9.97 Å². The SMILES string of the molecule is CS(=O)(=O)c1ccc2nc(N(Cc3cccnc3)C(=O)c3cccc([N+](=O)[O-])c3)sc2c1. The van der Waals surface area contributed by atoms with Gasteiger partial charge in [0, 0.05) is 36.3 Å². The third-order valence-corrected chi connectivity index (χ3v) is 6.77. The molecule has 2 heterocycles. The lowest BCUT2D eigenvalue weighted by Crippen LogP contribution is -2.30. The average molecular weight is 469 g/mol. The number of fused-ring (bicyclic) bond motifs is 1. The summed E-state index contributed by atoms with van der Waals surface area (Å²) < 4.78 is 24.4. The molecule has 0 N–H and O–H groups in total. The van der Waals surface area contributed by atoms with E-state index >= 15 is 0 Å². The molecule has 0 aliphatic carbocycles. The van der Waals surface area contributed by atoms with Crippen LogP contribution in [0.5, 0.6) is 0 Å². The van der Waals surface area contributed by atoms with Crippen LogP contribution in [0.4, 0.5) is 10.8 Å². The van der Waals surface area contributed by atoms with Crippen LogP contribution in [0, 0.1) is 10.1 Å². The highest BCUT2D eigenvalue weighted by atomic mass is 32.2. The van der Waals surface area contributed by atoms with Gasteiger partial charge in [0.15, 0.2) is 15.0 Å². The number of amides is 1. The lowest BCUT2D eigenvalue weighted by molar-refractivity contribution is -0.384. The molecule has 11 heteroatoms. The van der Waals surface area contributed by atoms with Gasteiger partial charge in [-0.3, -0.25) is 24.8 Å². The van der Waals surface area contributed by atoms with Gasteiger partial charge >= 0.3 is 0 Å². The van der Waals surface area contributed by atoms with Gasteiger partial charge < -0.3 is 0 Å². The highest BCUT2D eigenvalue weighted by Gasteiger charge is 2.24. The van der Waals surface area contributed by atoms with E-state index in [9.17, 15) is 23.3 Å². The van der Waals surface area contributed by atoms with Gasteiger partial charge in [0.25, 0.3) is 11.6 Å². The van der Waals surface area contributed by atoms with Crippen LogP contribution in [0.3, 0.4) is 0 Å². The molecule has 0 bridgehead atoms. The molecule has 0 aliphatic rings. The summed E-state index contributed by atoms with van der Waals surface area (Å²) in [6, 6.07) is 13.6. The molecule has 0 spiro atoms. The molecule has 162 valence electrons. The number of hydrogen-bond donors (Lipinski definition) is 0. The Kier molecular flexibility index (Phi) is 5.68. The molecule has 0 fully saturated rings. The molecule has 9 nitrogen and oxygen atoms in total. The maximum absolute atomic E-state index is 13.4. The Morgan fingerprint density at radius 1 is 1.16 bits per heavy atom. The molecule has 4 aromatic rings. The van der Waals surface area contributed by atoms with E-state index in [1.54, 1.807) is 30.6 Å². The number of carbonyl (C=O) groups excluding carboxylic acids is 1. The fourth-order valence-electron chi connectivity index (χ4n) is 3.05. The summed E-state index contributed by atoms with van der Waals surface area (Å²) in [5.41, 5.74) is 1.22. The van der Waals surface area contributed by atoms with Crippen molar-refractivity contribution in [2.24, 2.45) is 0 Å². The number of carbonyl (C=O) groups is 1. The van der Waals surface area contributed by atoms with Crippen LogP contribution >= 0.6 is 11.3 Å². The van der Waals surface area contributed by atoms with Crippen molar-refractivity contribution in [2.45, 2.75) is 11.4 Å². The van der Waals surface area contributed by atoms with Crippen LogP contribution in [0.15, 0.2) is 71.9 Å². The van der Waals surface area contributed by atoms with E-state index in [4.69, 9.17) is 0 Å². The summed E-state index contributed by atoms with van der Waals surface area (Å²) in [5, 5.41) is 11.5. The number of nitro benzene ring substituents is 1. The third-order valence-electron chi connectivity index (χ3n) is 4.62. The van der Waals surface area contributed by atoms with Crippen molar-refractivity contribution >= 4 is 48.1 Å². The van der Waals surface area contributed by atoms with E-state index in [1.807, 2.05) is 0 Å². The maximum atomic E-state index is 13.4. The monoisotopic (exact) mass is 468 g/mol. The summed E-state index contributed by atoms with van der Waals surface area (Å²) in [4.78, 5) is 34.1. The van der Waals surface area contributed by atoms with Gasteiger partial charge in [-0.1, -0.05) is 23.5 Å². The minimum Gasteiger partial charge on any atom is -0.279 e. The van der Waals surface area contributed by atoms with Crippen LogP contribution in [0.25, 0.3) is 10.2 Å². The average Bonchev–Trinajstić information content (AvgIpc) is 3.20. The Morgan fingerprint density at radius 2 is 1.97 bits per heavy atom. The van der Waals surface area contributed by atoms with Gasteiger partial charge in [0.2, 0.25) is 0 Å². The first-order valence-corrected chi connectivity index (χ1v) is 12.0. The van der Waals surface area contributed by atoms with E-state index in [2.05, 4.69) is 9.97 Å². The number of rotatable bonds is 6. The molecule has 2 aromatic carbocycles. The summed E-state index contributed by atoms with van der Waals surface area (Å²) in [5.74, 6) is -0.472. The number of hydrogen-bond acceptors (Lipinski definition) is 8. The minimum absolute atomic E-state index is 0.133. The first-order chi connectivity index (χ1) is 15.2. The van der Waals surface area contributed by atoms with Gasteiger partial charge in [0.1, 0.15) is 0 Å².